The lowest BCUT2D eigenvalue weighted by Crippen LogP contribution is -2.48. The Kier molecular flexibility index (Phi) is 6.98. The molecular formula is C19H27N3O3. The molecule has 0 bridgehead atoms. The van der Waals surface area contributed by atoms with Crippen LogP contribution in [0.5, 0.6) is 0 Å². The van der Waals surface area contributed by atoms with E-state index < -0.39 is 6.04 Å². The zero-order chi connectivity index (χ0) is 18.2. The minimum atomic E-state index is -0.605. The molecule has 2 rings (SSSR count). The highest BCUT2D eigenvalue weighted by Crippen LogP contribution is 2.27. The van der Waals surface area contributed by atoms with E-state index in [4.69, 9.17) is 0 Å². The fourth-order valence-corrected chi connectivity index (χ4v) is 2.94. The van der Waals surface area contributed by atoms with Gasteiger partial charge in [0, 0.05) is 25.4 Å². The Bertz CT molecular complexity index is 603. The minimum Gasteiger partial charge on any atom is -0.354 e. The topological polar surface area (TPSA) is 78.5 Å². The van der Waals surface area contributed by atoms with Gasteiger partial charge in [0.1, 0.15) is 6.04 Å². The first-order valence-corrected chi connectivity index (χ1v) is 8.91. The van der Waals surface area contributed by atoms with Crippen LogP contribution in [0.25, 0.3) is 0 Å². The predicted molar refractivity (Wildman–Crippen MR) is 95.9 cm³/mol. The number of carbonyl (C=O) groups excluding carboxylic acids is 3. The van der Waals surface area contributed by atoms with Crippen LogP contribution in [-0.2, 0) is 14.4 Å². The van der Waals surface area contributed by atoms with Crippen molar-refractivity contribution in [2.45, 2.75) is 45.1 Å². The smallest absolute Gasteiger partial charge is 0.242 e. The normalized spacial score (nSPS) is 18.1. The monoisotopic (exact) mass is 345 g/mol. The van der Waals surface area contributed by atoms with Gasteiger partial charge in [-0.3, -0.25) is 14.4 Å². The highest BCUT2D eigenvalue weighted by Gasteiger charge is 2.32. The van der Waals surface area contributed by atoms with Crippen LogP contribution >= 0.6 is 0 Å². The molecule has 1 heterocycles. The van der Waals surface area contributed by atoms with Crippen LogP contribution in [0.4, 0.5) is 0 Å². The molecule has 0 spiro atoms. The van der Waals surface area contributed by atoms with E-state index in [0.717, 1.165) is 18.4 Å². The summed E-state index contributed by atoms with van der Waals surface area (Å²) in [6, 6.07) is 9.25. The maximum absolute atomic E-state index is 12.2. The van der Waals surface area contributed by atoms with Gasteiger partial charge in [-0.2, -0.15) is 0 Å². The van der Waals surface area contributed by atoms with Gasteiger partial charge >= 0.3 is 0 Å². The van der Waals surface area contributed by atoms with Crippen molar-refractivity contribution in [3.63, 3.8) is 0 Å². The number of likely N-dealkylation sites (tertiary alicyclic amines) is 1. The maximum Gasteiger partial charge on any atom is 0.242 e. The Labute approximate surface area is 149 Å². The van der Waals surface area contributed by atoms with Gasteiger partial charge < -0.3 is 15.5 Å². The highest BCUT2D eigenvalue weighted by molar-refractivity contribution is 5.90. The Morgan fingerprint density at radius 3 is 2.68 bits per heavy atom. The minimum absolute atomic E-state index is 0.00521. The summed E-state index contributed by atoms with van der Waals surface area (Å²) in [6.45, 7) is 4.84. The van der Waals surface area contributed by atoms with Gasteiger partial charge in [0.05, 0.1) is 6.54 Å². The van der Waals surface area contributed by atoms with Crippen molar-refractivity contribution < 1.29 is 14.4 Å². The lowest BCUT2D eigenvalue weighted by atomic mass is 9.99. The van der Waals surface area contributed by atoms with Crippen LogP contribution in [0.3, 0.4) is 0 Å². The molecular weight excluding hydrogens is 318 g/mol. The molecule has 2 atom stereocenters. The summed E-state index contributed by atoms with van der Waals surface area (Å²) in [5, 5.41) is 5.45. The zero-order valence-electron chi connectivity index (χ0n) is 15.0. The van der Waals surface area contributed by atoms with Gasteiger partial charge in [0.2, 0.25) is 17.7 Å². The van der Waals surface area contributed by atoms with Gasteiger partial charge in [0.25, 0.3) is 0 Å². The zero-order valence-corrected chi connectivity index (χ0v) is 15.0. The first-order chi connectivity index (χ1) is 12.0. The third-order valence-electron chi connectivity index (χ3n) is 4.42. The second-order valence-corrected chi connectivity index (χ2v) is 6.52. The summed E-state index contributed by atoms with van der Waals surface area (Å²) in [7, 11) is 0. The fraction of sp³-hybridized carbons (Fsp3) is 0.526. The van der Waals surface area contributed by atoms with Crippen molar-refractivity contribution >= 4 is 17.7 Å². The molecule has 1 aliphatic rings. The lowest BCUT2D eigenvalue weighted by Gasteiger charge is -2.19. The molecule has 0 aromatic heterocycles. The quantitative estimate of drug-likeness (QED) is 0.700. The van der Waals surface area contributed by atoms with Crippen LogP contribution in [-0.4, -0.2) is 48.3 Å². The van der Waals surface area contributed by atoms with Crippen LogP contribution in [0.2, 0.25) is 0 Å². The number of unbranched alkanes of at least 4 members (excludes halogenated alkanes) is 1. The molecule has 3 amide bonds. The number of carbonyl (C=O) groups is 3. The summed E-state index contributed by atoms with van der Waals surface area (Å²) >= 11 is 0. The molecule has 0 radical (unpaired) electrons. The summed E-state index contributed by atoms with van der Waals surface area (Å²) in [4.78, 5) is 37.8. The molecule has 2 N–H and O–H groups in total. The molecule has 1 aliphatic heterocycles. The number of amides is 3. The predicted octanol–water partition coefficient (Wildman–Crippen LogP) is 1.42. The average molecular weight is 345 g/mol. The third kappa shape index (κ3) is 5.59. The Morgan fingerprint density at radius 2 is 2.00 bits per heavy atom. The number of nitrogens with zero attached hydrogens (tertiary/aromatic N) is 1. The standard InChI is InChI=1S/C19H27N3O3/c1-3-4-10-20-19(25)14(2)21-17(23)13-22-12-16(11-18(22)24)15-8-6-5-7-9-15/h5-9,14,16H,3-4,10-13H2,1-2H3,(H,20,25)(H,21,23)/t14-,16+/m0/s1. The van der Waals surface area contributed by atoms with E-state index in [1.165, 1.54) is 0 Å². The second-order valence-electron chi connectivity index (χ2n) is 6.52. The molecule has 0 unspecified atom stereocenters. The molecule has 1 saturated heterocycles. The Morgan fingerprint density at radius 1 is 1.28 bits per heavy atom. The number of hydrogen-bond acceptors (Lipinski definition) is 3. The second kappa shape index (κ2) is 9.20. The largest absolute Gasteiger partial charge is 0.354 e. The first-order valence-electron chi connectivity index (χ1n) is 8.91. The summed E-state index contributed by atoms with van der Waals surface area (Å²) in [6.07, 6.45) is 2.33. The molecule has 136 valence electrons. The van der Waals surface area contributed by atoms with E-state index in [9.17, 15) is 14.4 Å². The van der Waals surface area contributed by atoms with Gasteiger partial charge in [-0.25, -0.2) is 0 Å². The SMILES string of the molecule is CCCCNC(=O)[C@H](C)NC(=O)CN1C[C@H](c2ccccc2)CC1=O. The molecule has 1 aromatic rings. The van der Waals surface area contributed by atoms with Crippen LogP contribution in [0, 0.1) is 0 Å². The van der Waals surface area contributed by atoms with E-state index in [1.54, 1.807) is 11.8 Å². The van der Waals surface area contributed by atoms with Gasteiger partial charge in [0.15, 0.2) is 0 Å². The number of rotatable bonds is 8. The van der Waals surface area contributed by atoms with E-state index in [0.29, 0.717) is 19.5 Å². The number of benzene rings is 1. The van der Waals surface area contributed by atoms with Crippen molar-refractivity contribution in [2.24, 2.45) is 0 Å². The van der Waals surface area contributed by atoms with Crippen LogP contribution in [0.15, 0.2) is 30.3 Å². The Balaban J connectivity index is 1.80. The van der Waals surface area contributed by atoms with Crippen LogP contribution < -0.4 is 10.6 Å². The Hall–Kier alpha value is -2.37. The molecule has 0 aliphatic carbocycles. The van der Waals surface area contributed by atoms with Gasteiger partial charge in [-0.1, -0.05) is 43.7 Å². The summed E-state index contributed by atoms with van der Waals surface area (Å²) in [5.41, 5.74) is 1.11. The average Bonchev–Trinajstić information content (AvgIpc) is 2.96. The van der Waals surface area contributed by atoms with E-state index in [1.807, 2.05) is 37.3 Å². The first kappa shape index (κ1) is 19.0. The van der Waals surface area contributed by atoms with Crippen molar-refractivity contribution in [1.29, 1.82) is 0 Å². The lowest BCUT2D eigenvalue weighted by molar-refractivity contribution is -0.134. The molecule has 6 heteroatoms. The van der Waals surface area contributed by atoms with E-state index in [2.05, 4.69) is 10.6 Å². The molecule has 25 heavy (non-hydrogen) atoms. The highest BCUT2D eigenvalue weighted by atomic mass is 16.2. The third-order valence-corrected chi connectivity index (χ3v) is 4.42. The fourth-order valence-electron chi connectivity index (χ4n) is 2.94. The van der Waals surface area contributed by atoms with Gasteiger partial charge in [-0.15, -0.1) is 0 Å². The molecule has 1 aromatic carbocycles. The maximum atomic E-state index is 12.2. The summed E-state index contributed by atoms with van der Waals surface area (Å²) < 4.78 is 0. The van der Waals surface area contributed by atoms with Crippen molar-refractivity contribution in [2.75, 3.05) is 19.6 Å². The number of nitrogens with one attached hydrogen (secondary N) is 2. The van der Waals surface area contributed by atoms with Crippen molar-refractivity contribution in [1.82, 2.24) is 15.5 Å². The van der Waals surface area contributed by atoms with Crippen LogP contribution in [0.1, 0.15) is 44.6 Å². The number of hydrogen-bond donors (Lipinski definition) is 2. The van der Waals surface area contributed by atoms with Crippen molar-refractivity contribution in [3.05, 3.63) is 35.9 Å². The van der Waals surface area contributed by atoms with Gasteiger partial charge in [-0.05, 0) is 18.9 Å². The van der Waals surface area contributed by atoms with Crippen molar-refractivity contribution in [3.8, 4) is 0 Å². The van der Waals surface area contributed by atoms with E-state index in [-0.39, 0.29) is 30.2 Å². The molecule has 6 nitrogen and oxygen atoms in total. The van der Waals surface area contributed by atoms with E-state index >= 15 is 0 Å². The molecule has 0 saturated carbocycles. The molecule has 1 fully saturated rings. The summed E-state index contributed by atoms with van der Waals surface area (Å²) in [5.74, 6) is -0.405.